The fraction of sp³-hybridized carbons (Fsp3) is 0.278. The Kier molecular flexibility index (Phi) is 5.58. The molecule has 0 aromatic heterocycles. The summed E-state index contributed by atoms with van der Waals surface area (Å²) in [7, 11) is -3.68. The highest BCUT2D eigenvalue weighted by atomic mass is 35.5. The minimum Gasteiger partial charge on any atom is -0.329 e. The monoisotopic (exact) mass is 394 g/mol. The fourth-order valence-corrected chi connectivity index (χ4v) is 4.76. The average Bonchev–Trinajstić information content (AvgIpc) is 2.64. The first-order chi connectivity index (χ1) is 12.4. The van der Waals surface area contributed by atoms with Gasteiger partial charge >= 0.3 is 0 Å². The first-order valence-electron chi connectivity index (χ1n) is 8.18. The maximum absolute atomic E-state index is 13.3. The molecule has 0 radical (unpaired) electrons. The Hall–Kier alpha value is -1.98. The molecule has 2 aromatic rings. The Balaban J connectivity index is 1.65. The van der Waals surface area contributed by atoms with Crippen molar-refractivity contribution in [2.45, 2.75) is 11.4 Å². The lowest BCUT2D eigenvalue weighted by Gasteiger charge is -2.31. The first-order valence-corrected chi connectivity index (χ1v) is 10.00. The number of benzene rings is 2. The summed E-state index contributed by atoms with van der Waals surface area (Å²) < 4.78 is 40.1. The second kappa shape index (κ2) is 7.72. The van der Waals surface area contributed by atoms with Gasteiger partial charge in [-0.3, -0.25) is 0 Å². The van der Waals surface area contributed by atoms with Gasteiger partial charge in [0.25, 0.3) is 0 Å². The standard InChI is InChI=1S/C18H17ClFN3O2S/c19-17-11-16(4-5-18(17)20)26(24,25)23-8-6-22(7-9-23)13-15-3-1-2-14(10-15)12-21/h1-5,10-11H,6-9,13H2/p+1. The number of quaternary nitrogens is 1. The Morgan fingerprint density at radius 2 is 1.92 bits per heavy atom. The minimum absolute atomic E-state index is 0.00840. The van der Waals surface area contributed by atoms with E-state index in [1.807, 2.05) is 18.2 Å². The number of nitrogens with zero attached hydrogens (tertiary/aromatic N) is 2. The molecule has 1 aliphatic heterocycles. The van der Waals surface area contributed by atoms with E-state index in [2.05, 4.69) is 6.07 Å². The topological polar surface area (TPSA) is 65.6 Å². The van der Waals surface area contributed by atoms with Gasteiger partial charge in [0, 0.05) is 5.56 Å². The van der Waals surface area contributed by atoms with Crippen molar-refractivity contribution in [3.63, 3.8) is 0 Å². The molecular formula is C18H18ClFN3O2S+. The van der Waals surface area contributed by atoms with E-state index in [0.717, 1.165) is 24.2 Å². The van der Waals surface area contributed by atoms with Crippen LogP contribution in [0.25, 0.3) is 0 Å². The molecule has 0 unspecified atom stereocenters. The van der Waals surface area contributed by atoms with E-state index in [0.29, 0.717) is 31.7 Å². The number of hydrogen-bond donors (Lipinski definition) is 1. The molecule has 0 aliphatic carbocycles. The molecule has 1 N–H and O–H groups in total. The normalized spacial score (nSPS) is 16.3. The van der Waals surface area contributed by atoms with Crippen LogP contribution in [0.2, 0.25) is 5.02 Å². The number of hydrogen-bond acceptors (Lipinski definition) is 3. The third-order valence-corrected chi connectivity index (χ3v) is 6.65. The predicted octanol–water partition coefficient (Wildman–Crippen LogP) is 1.44. The van der Waals surface area contributed by atoms with E-state index in [1.54, 1.807) is 6.07 Å². The van der Waals surface area contributed by atoms with Crippen LogP contribution in [-0.4, -0.2) is 38.9 Å². The molecule has 0 bridgehead atoms. The van der Waals surface area contributed by atoms with Crippen molar-refractivity contribution in [2.24, 2.45) is 0 Å². The number of halogens is 2. The van der Waals surface area contributed by atoms with Crippen molar-refractivity contribution in [2.75, 3.05) is 26.2 Å². The van der Waals surface area contributed by atoms with Crippen LogP contribution in [0.3, 0.4) is 0 Å². The molecule has 0 atom stereocenters. The molecule has 0 spiro atoms. The maximum Gasteiger partial charge on any atom is 0.243 e. The molecule has 2 aromatic carbocycles. The van der Waals surface area contributed by atoms with E-state index < -0.39 is 15.8 Å². The quantitative estimate of drug-likeness (QED) is 0.853. The molecule has 1 saturated heterocycles. The van der Waals surface area contributed by atoms with Crippen LogP contribution in [0.4, 0.5) is 4.39 Å². The highest BCUT2D eigenvalue weighted by Crippen LogP contribution is 2.22. The van der Waals surface area contributed by atoms with Gasteiger partial charge in [0.05, 0.1) is 47.7 Å². The zero-order valence-corrected chi connectivity index (χ0v) is 15.5. The molecule has 8 heteroatoms. The summed E-state index contributed by atoms with van der Waals surface area (Å²) in [6.45, 7) is 2.82. The summed E-state index contributed by atoms with van der Waals surface area (Å²) in [5, 5.41) is 8.77. The molecule has 3 rings (SSSR count). The van der Waals surface area contributed by atoms with Crippen LogP contribution in [0.1, 0.15) is 11.1 Å². The summed E-state index contributed by atoms with van der Waals surface area (Å²) in [6, 6.07) is 13.0. The lowest BCUT2D eigenvalue weighted by atomic mass is 10.1. The number of sulfonamides is 1. The SMILES string of the molecule is N#Cc1cccc(C[NH+]2CCN(S(=O)(=O)c3ccc(F)c(Cl)c3)CC2)c1. The van der Waals surface area contributed by atoms with E-state index in [9.17, 15) is 12.8 Å². The van der Waals surface area contributed by atoms with Gasteiger partial charge in [-0.25, -0.2) is 12.8 Å². The van der Waals surface area contributed by atoms with Crippen molar-refractivity contribution < 1.29 is 17.7 Å². The van der Waals surface area contributed by atoms with Crippen LogP contribution in [0.5, 0.6) is 0 Å². The van der Waals surface area contributed by atoms with Crippen molar-refractivity contribution in [1.29, 1.82) is 5.26 Å². The molecule has 26 heavy (non-hydrogen) atoms. The molecule has 0 saturated carbocycles. The lowest BCUT2D eigenvalue weighted by Crippen LogP contribution is -3.13. The second-order valence-corrected chi connectivity index (χ2v) is 8.56. The summed E-state index contributed by atoms with van der Waals surface area (Å²) in [5.41, 5.74) is 1.68. The molecule has 136 valence electrons. The van der Waals surface area contributed by atoms with Gasteiger partial charge in [-0.15, -0.1) is 0 Å². The summed E-state index contributed by atoms with van der Waals surface area (Å²) in [5.74, 6) is -0.639. The molecular weight excluding hydrogens is 377 g/mol. The number of rotatable bonds is 4. The first kappa shape index (κ1) is 18.8. The Morgan fingerprint density at radius 3 is 2.58 bits per heavy atom. The third kappa shape index (κ3) is 4.05. The smallest absolute Gasteiger partial charge is 0.243 e. The van der Waals surface area contributed by atoms with E-state index in [4.69, 9.17) is 16.9 Å². The van der Waals surface area contributed by atoms with Crippen molar-refractivity contribution in [3.8, 4) is 6.07 Å². The largest absolute Gasteiger partial charge is 0.329 e. The zero-order chi connectivity index (χ0) is 18.7. The van der Waals surface area contributed by atoms with Gasteiger partial charge < -0.3 is 4.90 Å². The van der Waals surface area contributed by atoms with Crippen molar-refractivity contribution in [1.82, 2.24) is 4.31 Å². The molecule has 1 heterocycles. The van der Waals surface area contributed by atoms with Crippen LogP contribution in [0, 0.1) is 17.1 Å². The summed E-state index contributed by atoms with van der Waals surface area (Å²) >= 11 is 5.71. The second-order valence-electron chi connectivity index (χ2n) is 6.22. The van der Waals surface area contributed by atoms with Crippen LogP contribution in [0.15, 0.2) is 47.4 Å². The van der Waals surface area contributed by atoms with Gasteiger partial charge in [-0.1, -0.05) is 23.7 Å². The number of nitriles is 1. The highest BCUT2D eigenvalue weighted by Gasteiger charge is 2.30. The highest BCUT2D eigenvalue weighted by molar-refractivity contribution is 7.89. The van der Waals surface area contributed by atoms with Gasteiger partial charge in [-0.05, 0) is 30.3 Å². The van der Waals surface area contributed by atoms with E-state index in [-0.39, 0.29) is 9.92 Å². The lowest BCUT2D eigenvalue weighted by molar-refractivity contribution is -0.917. The zero-order valence-electron chi connectivity index (χ0n) is 14.0. The Morgan fingerprint density at radius 1 is 1.19 bits per heavy atom. The predicted molar refractivity (Wildman–Crippen MR) is 95.7 cm³/mol. The number of nitrogens with one attached hydrogen (secondary N) is 1. The maximum atomic E-state index is 13.3. The molecule has 1 fully saturated rings. The van der Waals surface area contributed by atoms with Crippen LogP contribution < -0.4 is 4.90 Å². The fourth-order valence-electron chi connectivity index (χ4n) is 3.05. The minimum atomic E-state index is -3.68. The van der Waals surface area contributed by atoms with E-state index in [1.165, 1.54) is 15.3 Å². The van der Waals surface area contributed by atoms with Gasteiger partial charge in [0.2, 0.25) is 10.0 Å². The van der Waals surface area contributed by atoms with Gasteiger partial charge in [0.15, 0.2) is 0 Å². The molecule has 5 nitrogen and oxygen atoms in total. The van der Waals surface area contributed by atoms with Gasteiger partial charge in [-0.2, -0.15) is 9.57 Å². The number of piperazine rings is 1. The van der Waals surface area contributed by atoms with Crippen molar-refractivity contribution in [3.05, 3.63) is 64.4 Å². The molecule has 1 aliphatic rings. The summed E-state index contributed by atoms with van der Waals surface area (Å²) in [4.78, 5) is 1.26. The summed E-state index contributed by atoms with van der Waals surface area (Å²) in [6.07, 6.45) is 0. The van der Waals surface area contributed by atoms with Crippen LogP contribution in [-0.2, 0) is 16.6 Å². The average molecular weight is 395 g/mol. The Bertz CT molecular complexity index is 951. The van der Waals surface area contributed by atoms with Crippen molar-refractivity contribution >= 4 is 21.6 Å². The van der Waals surface area contributed by atoms with Crippen LogP contribution >= 0.6 is 11.6 Å². The Labute approximate surface area is 157 Å². The van der Waals surface area contributed by atoms with E-state index >= 15 is 0 Å². The third-order valence-electron chi connectivity index (χ3n) is 4.47. The van der Waals surface area contributed by atoms with Gasteiger partial charge in [0.1, 0.15) is 12.4 Å². The molecule has 0 amide bonds.